The Bertz CT molecular complexity index is 249. The van der Waals surface area contributed by atoms with E-state index in [9.17, 15) is 4.79 Å². The number of rotatable bonds is 2. The first kappa shape index (κ1) is 8.01. The fourth-order valence-corrected chi connectivity index (χ4v) is 1.11. The quantitative estimate of drug-likeness (QED) is 0.495. The van der Waals surface area contributed by atoms with Gasteiger partial charge in [-0.05, 0) is 23.1 Å². The zero-order valence-corrected chi connectivity index (χ0v) is 6.85. The Balaban J connectivity index is 2.55. The third-order valence-corrected chi connectivity index (χ3v) is 1.75. The number of hydrogen-bond acceptors (Lipinski definition) is 3. The van der Waals surface area contributed by atoms with Crippen molar-refractivity contribution in [2.45, 2.75) is 0 Å². The molecular formula is C8H7O2S. The van der Waals surface area contributed by atoms with Gasteiger partial charge in [-0.1, -0.05) is 0 Å². The van der Waals surface area contributed by atoms with Gasteiger partial charge in [-0.25, -0.2) is 4.79 Å². The molecule has 0 unspecified atom stereocenters. The second-order valence-electron chi connectivity index (χ2n) is 1.85. The van der Waals surface area contributed by atoms with Crippen molar-refractivity contribution in [2.24, 2.45) is 0 Å². The standard InChI is InChI=1S/C8H7O2S/c1-10-8(9)3-2-7-4-5-11-6-7/h2-4,6H,1H3/b3-2+. The number of esters is 1. The van der Waals surface area contributed by atoms with E-state index in [-0.39, 0.29) is 5.97 Å². The minimum atomic E-state index is -0.337. The average Bonchev–Trinajstić information content (AvgIpc) is 2.52. The maximum absolute atomic E-state index is 10.6. The van der Waals surface area contributed by atoms with Gasteiger partial charge in [0.05, 0.1) is 7.11 Å². The monoisotopic (exact) mass is 167 g/mol. The summed E-state index contributed by atoms with van der Waals surface area (Å²) < 4.78 is 4.42. The van der Waals surface area contributed by atoms with Crippen LogP contribution in [0.15, 0.2) is 17.5 Å². The molecule has 2 nitrogen and oxygen atoms in total. The highest BCUT2D eigenvalue weighted by molar-refractivity contribution is 7.07. The largest absolute Gasteiger partial charge is 0.466 e. The SMILES string of the molecule is COC(=O)/C=C/c1c[c]sc1. The molecule has 0 fully saturated rings. The third-order valence-electron chi connectivity index (χ3n) is 1.10. The Hall–Kier alpha value is -1.09. The highest BCUT2D eigenvalue weighted by Gasteiger charge is 1.90. The molecule has 0 bridgehead atoms. The van der Waals surface area contributed by atoms with E-state index in [1.54, 1.807) is 6.08 Å². The van der Waals surface area contributed by atoms with Crippen molar-refractivity contribution in [1.82, 2.24) is 0 Å². The van der Waals surface area contributed by atoms with Crippen molar-refractivity contribution in [1.29, 1.82) is 0 Å². The van der Waals surface area contributed by atoms with Crippen LogP contribution >= 0.6 is 11.3 Å². The lowest BCUT2D eigenvalue weighted by molar-refractivity contribution is -0.134. The molecule has 0 spiro atoms. The molecule has 1 aromatic heterocycles. The summed E-state index contributed by atoms with van der Waals surface area (Å²) in [5.74, 6) is -0.337. The first-order chi connectivity index (χ1) is 5.33. The highest BCUT2D eigenvalue weighted by Crippen LogP contribution is 2.06. The first-order valence-electron chi connectivity index (χ1n) is 3.03. The molecule has 1 radical (unpaired) electrons. The number of hydrogen-bond donors (Lipinski definition) is 0. The number of ether oxygens (including phenoxy) is 1. The van der Waals surface area contributed by atoms with E-state index >= 15 is 0 Å². The summed E-state index contributed by atoms with van der Waals surface area (Å²) in [6.45, 7) is 0. The van der Waals surface area contributed by atoms with Gasteiger partial charge in [0.25, 0.3) is 0 Å². The number of carbonyl (C=O) groups excluding carboxylic acids is 1. The van der Waals surface area contributed by atoms with Crippen molar-refractivity contribution in [3.05, 3.63) is 28.5 Å². The van der Waals surface area contributed by atoms with Crippen molar-refractivity contribution >= 4 is 23.4 Å². The molecule has 0 N–H and O–H groups in total. The fraction of sp³-hybridized carbons (Fsp3) is 0.125. The normalized spacial score (nSPS) is 10.3. The molecule has 0 saturated heterocycles. The van der Waals surface area contributed by atoms with Crippen LogP contribution in [-0.2, 0) is 9.53 Å². The summed E-state index contributed by atoms with van der Waals surface area (Å²) >= 11 is 1.47. The molecule has 57 valence electrons. The summed E-state index contributed by atoms with van der Waals surface area (Å²) in [4.78, 5) is 10.6. The smallest absolute Gasteiger partial charge is 0.330 e. The van der Waals surface area contributed by atoms with Gasteiger partial charge in [0.2, 0.25) is 0 Å². The van der Waals surface area contributed by atoms with Gasteiger partial charge >= 0.3 is 5.97 Å². The second kappa shape index (κ2) is 3.93. The van der Waals surface area contributed by atoms with E-state index in [0.29, 0.717) is 0 Å². The minimum absolute atomic E-state index is 0.337. The molecule has 3 heteroatoms. The van der Waals surface area contributed by atoms with Gasteiger partial charge in [0.15, 0.2) is 0 Å². The molecule has 11 heavy (non-hydrogen) atoms. The lowest BCUT2D eigenvalue weighted by Crippen LogP contribution is -1.92. The van der Waals surface area contributed by atoms with E-state index in [2.05, 4.69) is 10.1 Å². The lowest BCUT2D eigenvalue weighted by atomic mass is 10.3. The molecule has 0 atom stereocenters. The topological polar surface area (TPSA) is 26.3 Å². The Morgan fingerprint density at radius 1 is 1.82 bits per heavy atom. The van der Waals surface area contributed by atoms with Crippen LogP contribution in [0, 0.1) is 5.38 Å². The maximum Gasteiger partial charge on any atom is 0.330 e. The third kappa shape index (κ3) is 2.55. The average molecular weight is 167 g/mol. The Kier molecular flexibility index (Phi) is 2.86. The molecule has 0 amide bonds. The van der Waals surface area contributed by atoms with Gasteiger partial charge < -0.3 is 4.74 Å². The summed E-state index contributed by atoms with van der Waals surface area (Å²) in [6, 6.07) is 1.81. The number of thiophene rings is 1. The Morgan fingerprint density at radius 2 is 2.64 bits per heavy atom. The summed E-state index contributed by atoms with van der Waals surface area (Å²) in [7, 11) is 1.35. The molecule has 1 heterocycles. The van der Waals surface area contributed by atoms with Gasteiger partial charge in [0.1, 0.15) is 0 Å². The lowest BCUT2D eigenvalue weighted by Gasteiger charge is -1.87. The Morgan fingerprint density at radius 3 is 3.18 bits per heavy atom. The van der Waals surface area contributed by atoms with Crippen molar-refractivity contribution in [3.63, 3.8) is 0 Å². The van der Waals surface area contributed by atoms with Gasteiger partial charge in [-0.15, -0.1) is 11.3 Å². The Labute approximate surface area is 69.1 Å². The first-order valence-corrected chi connectivity index (χ1v) is 3.91. The van der Waals surface area contributed by atoms with Crippen LogP contribution in [0.2, 0.25) is 0 Å². The molecule has 0 aliphatic heterocycles. The van der Waals surface area contributed by atoms with Crippen molar-refractivity contribution in [3.8, 4) is 0 Å². The molecule has 0 saturated carbocycles. The van der Waals surface area contributed by atoms with E-state index in [1.165, 1.54) is 24.5 Å². The van der Waals surface area contributed by atoms with E-state index < -0.39 is 0 Å². The predicted octanol–water partition coefficient (Wildman–Crippen LogP) is 1.73. The number of carbonyl (C=O) groups is 1. The summed E-state index contributed by atoms with van der Waals surface area (Å²) in [6.07, 6.45) is 3.08. The van der Waals surface area contributed by atoms with Crippen LogP contribution in [0.5, 0.6) is 0 Å². The zero-order valence-electron chi connectivity index (χ0n) is 6.03. The van der Waals surface area contributed by atoms with Crippen LogP contribution in [0.4, 0.5) is 0 Å². The molecule has 1 rings (SSSR count). The molecule has 0 aliphatic carbocycles. The van der Waals surface area contributed by atoms with Crippen LogP contribution in [0.3, 0.4) is 0 Å². The van der Waals surface area contributed by atoms with E-state index in [0.717, 1.165) is 5.56 Å². The van der Waals surface area contributed by atoms with E-state index in [4.69, 9.17) is 0 Å². The number of methoxy groups -OCH3 is 1. The van der Waals surface area contributed by atoms with Gasteiger partial charge in [-0.2, -0.15) is 0 Å². The van der Waals surface area contributed by atoms with Crippen LogP contribution in [-0.4, -0.2) is 13.1 Å². The van der Waals surface area contributed by atoms with Crippen LogP contribution < -0.4 is 0 Å². The van der Waals surface area contributed by atoms with E-state index in [1.807, 2.05) is 11.4 Å². The maximum atomic E-state index is 10.6. The molecule has 1 aromatic rings. The zero-order chi connectivity index (χ0) is 8.10. The fourth-order valence-electron chi connectivity index (χ4n) is 0.558. The van der Waals surface area contributed by atoms with Crippen LogP contribution in [0.25, 0.3) is 6.08 Å². The molecule has 0 aliphatic rings. The molecular weight excluding hydrogens is 160 g/mol. The minimum Gasteiger partial charge on any atom is -0.466 e. The molecule has 0 aromatic carbocycles. The van der Waals surface area contributed by atoms with Crippen molar-refractivity contribution in [2.75, 3.05) is 7.11 Å². The second-order valence-corrected chi connectivity index (χ2v) is 2.56. The van der Waals surface area contributed by atoms with Crippen molar-refractivity contribution < 1.29 is 9.53 Å². The predicted molar refractivity (Wildman–Crippen MR) is 44.2 cm³/mol. The van der Waals surface area contributed by atoms with Crippen LogP contribution in [0.1, 0.15) is 5.56 Å². The summed E-state index contributed by atoms with van der Waals surface area (Å²) in [5.41, 5.74) is 0.973. The van der Waals surface area contributed by atoms with Gasteiger partial charge in [-0.3, -0.25) is 0 Å². The summed E-state index contributed by atoms with van der Waals surface area (Å²) in [5, 5.41) is 4.81. The highest BCUT2D eigenvalue weighted by atomic mass is 32.1. The van der Waals surface area contributed by atoms with Gasteiger partial charge in [0, 0.05) is 11.5 Å².